The molecule has 0 saturated carbocycles. The molecule has 38 heavy (non-hydrogen) atoms. The zero-order valence-electron chi connectivity index (χ0n) is 22.4. The summed E-state index contributed by atoms with van der Waals surface area (Å²) >= 11 is 1.64. The van der Waals surface area contributed by atoms with Gasteiger partial charge in [-0.05, 0) is 69.4 Å². The van der Waals surface area contributed by atoms with Gasteiger partial charge in [-0.3, -0.25) is 9.78 Å². The summed E-state index contributed by atoms with van der Waals surface area (Å²) in [5.74, 6) is 2.48. The van der Waals surface area contributed by atoms with Gasteiger partial charge in [0.15, 0.2) is 0 Å². The first-order chi connectivity index (χ1) is 18.3. The number of nitrogens with zero attached hydrogens (tertiary/aromatic N) is 5. The number of thiophene rings is 1. The lowest BCUT2D eigenvalue weighted by molar-refractivity contribution is -0.127. The molecule has 0 aliphatic carbocycles. The van der Waals surface area contributed by atoms with Crippen LogP contribution in [0.15, 0.2) is 55.0 Å². The van der Waals surface area contributed by atoms with Gasteiger partial charge in [-0.1, -0.05) is 13.0 Å². The van der Waals surface area contributed by atoms with Gasteiger partial charge in [-0.15, -0.1) is 11.3 Å². The molecule has 1 atom stereocenters. The molecule has 5 rings (SSSR count). The molecule has 8 nitrogen and oxygen atoms in total. The summed E-state index contributed by atoms with van der Waals surface area (Å²) in [5, 5.41) is 4.55. The van der Waals surface area contributed by atoms with E-state index >= 15 is 0 Å². The first kappa shape index (κ1) is 25.8. The van der Waals surface area contributed by atoms with Crippen molar-refractivity contribution in [1.82, 2.24) is 24.8 Å². The highest BCUT2D eigenvalue weighted by Crippen LogP contribution is 2.42. The third kappa shape index (κ3) is 5.54. The van der Waals surface area contributed by atoms with Crippen LogP contribution in [-0.4, -0.2) is 57.8 Å². The number of fused-ring (bicyclic) bond motifs is 3. The molecule has 4 heterocycles. The Kier molecular flexibility index (Phi) is 7.40. The van der Waals surface area contributed by atoms with Crippen LogP contribution in [0, 0.1) is 13.8 Å². The second-order valence-corrected chi connectivity index (χ2v) is 11.1. The number of likely N-dealkylation sites (N-methyl/N-ethyl adjacent to an activating group) is 1. The topological polar surface area (TPSA) is 83.5 Å². The Morgan fingerprint density at radius 1 is 1.21 bits per heavy atom. The van der Waals surface area contributed by atoms with Gasteiger partial charge in [-0.2, -0.15) is 0 Å². The standard InChI is InChI=1S/C29H32N6O2S/c1-18-13-21(9-11-23(18)37-22-10-8-20(3)30-14-22)33-28-27-26-19(2)15-35(25(36)7-6-12-34(4)5)16-24(26)38-29(27)32-17-31-28/h6-11,13-14,17,19H,12,15-16H2,1-5H3,(H,31,32,33)/t19-/m0/s1. The van der Waals surface area contributed by atoms with E-state index in [1.165, 1.54) is 10.4 Å². The van der Waals surface area contributed by atoms with Crippen LogP contribution < -0.4 is 10.1 Å². The first-order valence-electron chi connectivity index (χ1n) is 12.6. The van der Waals surface area contributed by atoms with Crippen molar-refractivity contribution in [3.8, 4) is 11.5 Å². The van der Waals surface area contributed by atoms with Crippen LogP contribution in [0.3, 0.4) is 0 Å². The summed E-state index contributed by atoms with van der Waals surface area (Å²) in [7, 11) is 3.97. The van der Waals surface area contributed by atoms with E-state index in [2.05, 4.69) is 27.2 Å². The maximum Gasteiger partial charge on any atom is 0.246 e. The van der Waals surface area contributed by atoms with Crippen LogP contribution in [0.25, 0.3) is 10.2 Å². The van der Waals surface area contributed by atoms with Gasteiger partial charge in [0.1, 0.15) is 28.5 Å². The number of aryl methyl sites for hydroxylation is 2. The highest BCUT2D eigenvalue weighted by molar-refractivity contribution is 7.19. The van der Waals surface area contributed by atoms with Crippen molar-refractivity contribution in [3.05, 3.63) is 76.7 Å². The van der Waals surface area contributed by atoms with Gasteiger partial charge in [0.05, 0.1) is 18.1 Å². The fourth-order valence-corrected chi connectivity index (χ4v) is 5.93. The number of amides is 1. The fourth-order valence-electron chi connectivity index (χ4n) is 4.65. The highest BCUT2D eigenvalue weighted by Gasteiger charge is 2.30. The molecule has 1 N–H and O–H groups in total. The fraction of sp³-hybridized carbons (Fsp3) is 0.310. The van der Waals surface area contributed by atoms with E-state index in [4.69, 9.17) is 4.74 Å². The van der Waals surface area contributed by atoms with Gasteiger partial charge in [0.25, 0.3) is 0 Å². The Hall–Kier alpha value is -3.82. The van der Waals surface area contributed by atoms with Crippen molar-refractivity contribution in [2.45, 2.75) is 33.2 Å². The Morgan fingerprint density at radius 2 is 2.05 bits per heavy atom. The van der Waals surface area contributed by atoms with Crippen LogP contribution in [0.5, 0.6) is 11.5 Å². The van der Waals surface area contributed by atoms with E-state index in [0.717, 1.165) is 45.3 Å². The lowest BCUT2D eigenvalue weighted by Crippen LogP contribution is -2.36. The summed E-state index contributed by atoms with van der Waals surface area (Å²) in [4.78, 5) is 32.3. The van der Waals surface area contributed by atoms with Crippen molar-refractivity contribution in [3.63, 3.8) is 0 Å². The monoisotopic (exact) mass is 528 g/mol. The maximum absolute atomic E-state index is 12.8. The van der Waals surface area contributed by atoms with Crippen LogP contribution >= 0.6 is 11.3 Å². The molecule has 0 fully saturated rings. The Bertz CT molecular complexity index is 1500. The molecule has 1 aliphatic heterocycles. The number of rotatable bonds is 7. The Morgan fingerprint density at radius 3 is 2.79 bits per heavy atom. The number of ether oxygens (including phenoxy) is 1. The first-order valence-corrected chi connectivity index (χ1v) is 13.4. The van der Waals surface area contributed by atoms with Crippen LogP contribution in [0.2, 0.25) is 0 Å². The summed E-state index contributed by atoms with van der Waals surface area (Å²) in [6.07, 6.45) is 6.92. The van der Waals surface area contributed by atoms with Crippen molar-refractivity contribution in [1.29, 1.82) is 0 Å². The molecule has 4 aromatic rings. The molecule has 196 valence electrons. The number of nitrogens with one attached hydrogen (secondary N) is 1. The number of aromatic nitrogens is 3. The molecule has 9 heteroatoms. The van der Waals surface area contributed by atoms with E-state index in [-0.39, 0.29) is 11.8 Å². The van der Waals surface area contributed by atoms with Gasteiger partial charge in [0.2, 0.25) is 5.91 Å². The molecule has 1 amide bonds. The number of benzene rings is 1. The smallest absolute Gasteiger partial charge is 0.246 e. The summed E-state index contributed by atoms with van der Waals surface area (Å²) in [5.41, 5.74) is 4.10. The molecule has 1 aromatic carbocycles. The molecule has 0 radical (unpaired) electrons. The molecule has 3 aromatic heterocycles. The van der Waals surface area contributed by atoms with Crippen molar-refractivity contribution >= 4 is 39.0 Å². The molecular weight excluding hydrogens is 496 g/mol. The van der Waals surface area contributed by atoms with Gasteiger partial charge >= 0.3 is 0 Å². The SMILES string of the molecule is Cc1ccc(Oc2ccc(Nc3ncnc4sc5c(c34)[C@@H](C)CN(C(=O)C=CCN(C)C)C5)cc2C)cn1. The number of carbonyl (C=O) groups is 1. The Labute approximate surface area is 227 Å². The largest absolute Gasteiger partial charge is 0.455 e. The van der Waals surface area contributed by atoms with E-state index in [0.29, 0.717) is 18.8 Å². The quantitative estimate of drug-likeness (QED) is 0.303. The molecule has 0 spiro atoms. The number of carbonyl (C=O) groups excluding carboxylic acids is 1. The normalized spacial score (nSPS) is 15.3. The zero-order chi connectivity index (χ0) is 26.8. The van der Waals surface area contributed by atoms with Crippen molar-refractivity contribution < 1.29 is 9.53 Å². The second kappa shape index (κ2) is 10.9. The number of pyridine rings is 1. The average molecular weight is 529 g/mol. The number of anilines is 2. The van der Waals surface area contributed by atoms with Crippen LogP contribution in [-0.2, 0) is 11.3 Å². The Balaban J connectivity index is 1.38. The van der Waals surface area contributed by atoms with E-state index in [1.54, 1.807) is 29.9 Å². The van der Waals surface area contributed by atoms with Crippen LogP contribution in [0.1, 0.15) is 34.5 Å². The second-order valence-electron chi connectivity index (χ2n) is 9.97. The average Bonchev–Trinajstić information content (AvgIpc) is 3.27. The number of hydrogen-bond acceptors (Lipinski definition) is 8. The third-order valence-electron chi connectivity index (χ3n) is 6.52. The molecule has 0 bridgehead atoms. The maximum atomic E-state index is 12.8. The van der Waals surface area contributed by atoms with Crippen LogP contribution in [0.4, 0.5) is 11.5 Å². The van der Waals surface area contributed by atoms with Crippen molar-refractivity contribution in [2.24, 2.45) is 0 Å². The molecule has 1 aliphatic rings. The minimum Gasteiger partial charge on any atom is -0.455 e. The van der Waals surface area contributed by atoms with Gasteiger partial charge in [0, 0.05) is 41.3 Å². The minimum absolute atomic E-state index is 0.0467. The van der Waals surface area contributed by atoms with Gasteiger partial charge < -0.3 is 19.9 Å². The van der Waals surface area contributed by atoms with Gasteiger partial charge in [-0.25, -0.2) is 9.97 Å². The third-order valence-corrected chi connectivity index (χ3v) is 7.61. The molecular formula is C29H32N6O2S. The predicted octanol–water partition coefficient (Wildman–Crippen LogP) is 5.80. The zero-order valence-corrected chi connectivity index (χ0v) is 23.2. The van der Waals surface area contributed by atoms with Crippen molar-refractivity contribution in [2.75, 3.05) is 32.5 Å². The summed E-state index contributed by atoms with van der Waals surface area (Å²) < 4.78 is 6.03. The van der Waals surface area contributed by atoms with E-state index in [1.807, 2.05) is 74.2 Å². The molecule has 0 unspecified atom stereocenters. The predicted molar refractivity (Wildman–Crippen MR) is 152 cm³/mol. The highest BCUT2D eigenvalue weighted by atomic mass is 32.1. The van der Waals surface area contributed by atoms with E-state index < -0.39 is 0 Å². The lowest BCUT2D eigenvalue weighted by atomic mass is 9.94. The minimum atomic E-state index is 0.0467. The number of hydrogen-bond donors (Lipinski definition) is 1. The lowest BCUT2D eigenvalue weighted by Gasteiger charge is -2.30. The summed E-state index contributed by atoms with van der Waals surface area (Å²) in [6.45, 7) is 8.13. The summed E-state index contributed by atoms with van der Waals surface area (Å²) in [6, 6.07) is 9.84. The van der Waals surface area contributed by atoms with E-state index in [9.17, 15) is 4.79 Å². The molecule has 0 saturated heterocycles.